The van der Waals surface area contributed by atoms with Gasteiger partial charge in [-0.15, -0.1) is 35.3 Å². The maximum Gasteiger partial charge on any atom is 0.243 e. The number of aliphatic imine (C=N–C) groups is 1. The molecule has 1 amide bonds. The molecule has 5 nitrogen and oxygen atoms in total. The van der Waals surface area contributed by atoms with Crippen LogP contribution in [-0.2, 0) is 11.2 Å². The maximum atomic E-state index is 11.7. The van der Waals surface area contributed by atoms with Gasteiger partial charge >= 0.3 is 0 Å². The van der Waals surface area contributed by atoms with Crippen molar-refractivity contribution in [1.82, 2.24) is 15.5 Å². The van der Waals surface area contributed by atoms with E-state index in [4.69, 9.17) is 0 Å². The van der Waals surface area contributed by atoms with E-state index in [0.29, 0.717) is 17.8 Å². The van der Waals surface area contributed by atoms with Crippen LogP contribution >= 0.6 is 35.3 Å². The van der Waals surface area contributed by atoms with Gasteiger partial charge in [0.15, 0.2) is 5.96 Å². The van der Waals surface area contributed by atoms with Crippen molar-refractivity contribution in [3.05, 3.63) is 22.4 Å². The van der Waals surface area contributed by atoms with E-state index in [1.165, 1.54) is 4.88 Å². The van der Waals surface area contributed by atoms with Crippen molar-refractivity contribution in [2.45, 2.75) is 27.2 Å². The second-order valence-corrected chi connectivity index (χ2v) is 7.53. The van der Waals surface area contributed by atoms with Crippen molar-refractivity contribution in [3.63, 3.8) is 0 Å². The van der Waals surface area contributed by atoms with Crippen LogP contribution in [0, 0.1) is 11.8 Å². The zero-order valence-electron chi connectivity index (χ0n) is 15.3. The van der Waals surface area contributed by atoms with Crippen LogP contribution in [-0.4, -0.2) is 50.5 Å². The molecule has 0 bridgehead atoms. The molecule has 0 fully saturated rings. The van der Waals surface area contributed by atoms with Crippen LogP contribution < -0.4 is 10.6 Å². The summed E-state index contributed by atoms with van der Waals surface area (Å²) in [4.78, 5) is 19.0. The lowest BCUT2D eigenvalue weighted by Gasteiger charge is -2.17. The van der Waals surface area contributed by atoms with E-state index < -0.39 is 0 Å². The second-order valence-electron chi connectivity index (χ2n) is 6.50. The Morgan fingerprint density at radius 3 is 2.46 bits per heavy atom. The normalized spacial score (nSPS) is 12.5. The summed E-state index contributed by atoms with van der Waals surface area (Å²) < 4.78 is 0. The molecule has 0 aliphatic rings. The summed E-state index contributed by atoms with van der Waals surface area (Å²) in [5, 5.41) is 8.76. The third-order valence-electron chi connectivity index (χ3n) is 3.30. The number of carbonyl (C=O) groups is 1. The smallest absolute Gasteiger partial charge is 0.243 e. The van der Waals surface area contributed by atoms with Crippen LogP contribution in [0.5, 0.6) is 0 Å². The molecule has 0 radical (unpaired) electrons. The minimum Gasteiger partial charge on any atom is -0.356 e. The van der Waals surface area contributed by atoms with E-state index in [1.54, 1.807) is 30.3 Å². The number of halogens is 1. The Morgan fingerprint density at radius 2 is 1.92 bits per heavy atom. The quantitative estimate of drug-likeness (QED) is 0.352. The second kappa shape index (κ2) is 12.5. The molecule has 0 spiro atoms. The van der Waals surface area contributed by atoms with Crippen LogP contribution in [0.15, 0.2) is 22.5 Å². The van der Waals surface area contributed by atoms with Gasteiger partial charge in [0, 0.05) is 32.1 Å². The van der Waals surface area contributed by atoms with Gasteiger partial charge in [0.25, 0.3) is 0 Å². The van der Waals surface area contributed by atoms with Crippen molar-refractivity contribution in [1.29, 1.82) is 0 Å². The van der Waals surface area contributed by atoms with Gasteiger partial charge in [-0.3, -0.25) is 4.79 Å². The van der Waals surface area contributed by atoms with Gasteiger partial charge in [-0.2, -0.15) is 0 Å². The van der Waals surface area contributed by atoms with Gasteiger partial charge < -0.3 is 15.5 Å². The molecule has 1 aromatic heterocycles. The lowest BCUT2D eigenvalue weighted by molar-refractivity contribution is -0.127. The number of nitrogens with zero attached hydrogens (tertiary/aromatic N) is 2. The summed E-state index contributed by atoms with van der Waals surface area (Å²) in [6.45, 7) is 8.35. The van der Waals surface area contributed by atoms with Gasteiger partial charge in [-0.05, 0) is 29.7 Å². The van der Waals surface area contributed by atoms with E-state index in [-0.39, 0.29) is 36.4 Å². The molecule has 0 saturated heterocycles. The number of hydrogen-bond donors (Lipinski definition) is 2. The van der Waals surface area contributed by atoms with Gasteiger partial charge in [-0.25, -0.2) is 4.99 Å². The Kier molecular flexibility index (Phi) is 12.1. The Labute approximate surface area is 167 Å². The molecule has 0 aromatic carbocycles. The highest BCUT2D eigenvalue weighted by Gasteiger charge is 2.08. The highest BCUT2D eigenvalue weighted by molar-refractivity contribution is 14.0. The number of nitrogens with one attached hydrogen (secondary N) is 2. The number of likely N-dealkylation sites (N-methyl/N-ethyl adjacent to an activating group) is 1. The van der Waals surface area contributed by atoms with Gasteiger partial charge in [-0.1, -0.05) is 26.8 Å². The van der Waals surface area contributed by atoms with Crippen molar-refractivity contribution in [2.75, 3.05) is 33.7 Å². The monoisotopic (exact) mass is 466 g/mol. The van der Waals surface area contributed by atoms with E-state index in [0.717, 1.165) is 19.5 Å². The molecule has 1 rings (SSSR count). The Balaban J connectivity index is 0.00000529. The molecule has 0 aliphatic carbocycles. The summed E-state index contributed by atoms with van der Waals surface area (Å²) in [5.74, 6) is 1.74. The third-order valence-corrected chi connectivity index (χ3v) is 4.20. The Hall–Kier alpha value is -0.830. The van der Waals surface area contributed by atoms with Gasteiger partial charge in [0.1, 0.15) is 6.54 Å². The highest BCUT2D eigenvalue weighted by atomic mass is 127. The van der Waals surface area contributed by atoms with E-state index >= 15 is 0 Å². The minimum atomic E-state index is 0. The summed E-state index contributed by atoms with van der Waals surface area (Å²) in [5.41, 5.74) is 0. The third kappa shape index (κ3) is 10.1. The molecule has 0 saturated carbocycles. The number of guanidine groups is 1. The topological polar surface area (TPSA) is 56.7 Å². The van der Waals surface area contributed by atoms with E-state index in [9.17, 15) is 4.79 Å². The molecule has 1 unspecified atom stereocenters. The molecule has 1 aromatic rings. The number of hydrogen-bond acceptors (Lipinski definition) is 3. The van der Waals surface area contributed by atoms with Crippen molar-refractivity contribution in [2.24, 2.45) is 16.8 Å². The molecular weight excluding hydrogens is 435 g/mol. The van der Waals surface area contributed by atoms with Crippen LogP contribution in [0.1, 0.15) is 25.6 Å². The predicted molar refractivity (Wildman–Crippen MR) is 114 cm³/mol. The molecular formula is C17H31IN4OS. The highest BCUT2D eigenvalue weighted by Crippen LogP contribution is 2.13. The molecule has 7 heteroatoms. The summed E-state index contributed by atoms with van der Waals surface area (Å²) >= 11 is 1.79. The average Bonchev–Trinajstić information content (AvgIpc) is 2.98. The number of thiophene rings is 1. The SMILES string of the molecule is CC(C)CNC(=NCC(=O)N(C)C)NCC(C)Cc1cccs1.I. The molecule has 138 valence electrons. The zero-order chi connectivity index (χ0) is 17.2. The van der Waals surface area contributed by atoms with Crippen LogP contribution in [0.25, 0.3) is 0 Å². The van der Waals surface area contributed by atoms with Crippen molar-refractivity contribution >= 4 is 47.2 Å². The number of rotatable bonds is 8. The maximum absolute atomic E-state index is 11.7. The molecule has 24 heavy (non-hydrogen) atoms. The number of amides is 1. The summed E-state index contributed by atoms with van der Waals surface area (Å²) in [6.07, 6.45) is 1.05. The lowest BCUT2D eigenvalue weighted by atomic mass is 10.1. The lowest BCUT2D eigenvalue weighted by Crippen LogP contribution is -2.42. The summed E-state index contributed by atoms with van der Waals surface area (Å²) in [6, 6.07) is 4.26. The zero-order valence-corrected chi connectivity index (χ0v) is 18.5. The van der Waals surface area contributed by atoms with Crippen LogP contribution in [0.3, 0.4) is 0 Å². The molecule has 1 atom stereocenters. The fourth-order valence-corrected chi connectivity index (χ4v) is 2.75. The first-order chi connectivity index (χ1) is 10.9. The van der Waals surface area contributed by atoms with Crippen molar-refractivity contribution in [3.8, 4) is 0 Å². The molecule has 0 aliphatic heterocycles. The first-order valence-electron chi connectivity index (χ1n) is 8.13. The average molecular weight is 466 g/mol. The van der Waals surface area contributed by atoms with Gasteiger partial charge in [0.2, 0.25) is 5.91 Å². The van der Waals surface area contributed by atoms with E-state index in [2.05, 4.69) is 53.9 Å². The fraction of sp³-hybridized carbons (Fsp3) is 0.647. The van der Waals surface area contributed by atoms with Gasteiger partial charge in [0.05, 0.1) is 0 Å². The molecule has 1 heterocycles. The first-order valence-corrected chi connectivity index (χ1v) is 9.01. The number of carbonyl (C=O) groups excluding carboxylic acids is 1. The van der Waals surface area contributed by atoms with E-state index in [1.807, 2.05) is 0 Å². The Morgan fingerprint density at radius 1 is 1.25 bits per heavy atom. The fourth-order valence-electron chi connectivity index (χ4n) is 1.88. The predicted octanol–water partition coefficient (Wildman–Crippen LogP) is 2.82. The minimum absolute atomic E-state index is 0. The largest absolute Gasteiger partial charge is 0.356 e. The summed E-state index contributed by atoms with van der Waals surface area (Å²) in [7, 11) is 3.49. The van der Waals surface area contributed by atoms with Crippen molar-refractivity contribution < 1.29 is 4.79 Å². The standard InChI is InChI=1S/C17H30N4OS.HI/c1-13(2)10-18-17(20-12-16(22)21(4)5)19-11-14(3)9-15-7-6-8-23-15;/h6-8,13-14H,9-12H2,1-5H3,(H2,18,19,20);1H. The van der Waals surface area contributed by atoms with Crippen LogP contribution in [0.4, 0.5) is 0 Å². The van der Waals surface area contributed by atoms with Crippen LogP contribution in [0.2, 0.25) is 0 Å². The first kappa shape index (κ1) is 23.2. The Bertz CT molecular complexity index is 489. The molecule has 2 N–H and O–H groups in total.